The second kappa shape index (κ2) is 5.37. The van der Waals surface area contributed by atoms with Gasteiger partial charge in [-0.15, -0.1) is 0 Å². The Morgan fingerprint density at radius 1 is 1.53 bits per heavy atom. The van der Waals surface area contributed by atoms with Gasteiger partial charge in [0.05, 0.1) is 5.69 Å². The summed E-state index contributed by atoms with van der Waals surface area (Å²) >= 11 is 5.89. The van der Waals surface area contributed by atoms with Crippen molar-refractivity contribution in [3.05, 3.63) is 23.5 Å². The molecule has 1 aliphatic rings. The summed E-state index contributed by atoms with van der Waals surface area (Å²) in [7, 11) is 0. The molecule has 0 N–H and O–H groups in total. The third-order valence-corrected chi connectivity index (χ3v) is 2.98. The van der Waals surface area contributed by atoms with Gasteiger partial charge in [-0.3, -0.25) is 4.90 Å². The summed E-state index contributed by atoms with van der Waals surface area (Å²) in [5.74, 6) is 0.569. The predicted molar refractivity (Wildman–Crippen MR) is 75.6 cm³/mol. The number of carbonyl (C=O) groups is 1. The summed E-state index contributed by atoms with van der Waals surface area (Å²) in [6, 6.07) is 3.46. The van der Waals surface area contributed by atoms with Gasteiger partial charge in [0.2, 0.25) is 0 Å². The molecule has 1 aromatic heterocycles. The molecule has 19 heavy (non-hydrogen) atoms. The first-order valence-corrected chi connectivity index (χ1v) is 6.85. The Labute approximate surface area is 118 Å². The molecule has 4 nitrogen and oxygen atoms in total. The maximum Gasteiger partial charge on any atom is 0.414 e. The van der Waals surface area contributed by atoms with Gasteiger partial charge in [-0.25, -0.2) is 9.78 Å². The molecule has 1 saturated carbocycles. The van der Waals surface area contributed by atoms with E-state index in [1.54, 1.807) is 23.2 Å². The van der Waals surface area contributed by atoms with Crippen LogP contribution in [0.3, 0.4) is 0 Å². The van der Waals surface area contributed by atoms with Crippen molar-refractivity contribution >= 4 is 23.4 Å². The van der Waals surface area contributed by atoms with Crippen LogP contribution in [0.25, 0.3) is 0 Å². The highest BCUT2D eigenvalue weighted by atomic mass is 35.5. The highest BCUT2D eigenvalue weighted by Gasteiger charge is 2.30. The summed E-state index contributed by atoms with van der Waals surface area (Å²) in [4.78, 5) is 17.9. The molecule has 1 aliphatic carbocycles. The lowest BCUT2D eigenvalue weighted by Crippen LogP contribution is -2.38. The van der Waals surface area contributed by atoms with E-state index < -0.39 is 5.60 Å². The van der Waals surface area contributed by atoms with Crippen LogP contribution < -0.4 is 4.90 Å². The first-order chi connectivity index (χ1) is 8.85. The Bertz CT molecular complexity index is 467. The van der Waals surface area contributed by atoms with Gasteiger partial charge in [0.25, 0.3) is 0 Å². The lowest BCUT2D eigenvalue weighted by atomic mass is 10.2. The molecular weight excluding hydrogens is 264 g/mol. The fourth-order valence-corrected chi connectivity index (χ4v) is 1.89. The van der Waals surface area contributed by atoms with Gasteiger partial charge in [0.1, 0.15) is 10.8 Å². The van der Waals surface area contributed by atoms with Crippen LogP contribution in [0.5, 0.6) is 0 Å². The molecule has 0 aliphatic heterocycles. The van der Waals surface area contributed by atoms with E-state index in [0.29, 0.717) is 17.6 Å². The quantitative estimate of drug-likeness (QED) is 0.790. The van der Waals surface area contributed by atoms with Gasteiger partial charge in [-0.05, 0) is 51.7 Å². The van der Waals surface area contributed by atoms with E-state index in [1.165, 1.54) is 0 Å². The van der Waals surface area contributed by atoms with Crippen LogP contribution in [-0.4, -0.2) is 23.2 Å². The first-order valence-electron chi connectivity index (χ1n) is 6.47. The second-order valence-electron chi connectivity index (χ2n) is 5.87. The number of rotatable bonds is 3. The summed E-state index contributed by atoms with van der Waals surface area (Å²) in [6.07, 6.45) is 3.60. The number of anilines is 1. The lowest BCUT2D eigenvalue weighted by molar-refractivity contribution is 0.0578. The Hall–Kier alpha value is -1.29. The number of hydrogen-bond acceptors (Lipinski definition) is 3. The van der Waals surface area contributed by atoms with Crippen LogP contribution in [0, 0.1) is 5.92 Å². The van der Waals surface area contributed by atoms with E-state index >= 15 is 0 Å². The van der Waals surface area contributed by atoms with Gasteiger partial charge in [-0.2, -0.15) is 0 Å². The van der Waals surface area contributed by atoms with Gasteiger partial charge in [0, 0.05) is 12.7 Å². The van der Waals surface area contributed by atoms with Crippen molar-refractivity contribution in [1.82, 2.24) is 4.98 Å². The highest BCUT2D eigenvalue weighted by Crippen LogP contribution is 2.32. The van der Waals surface area contributed by atoms with Crippen molar-refractivity contribution in [3.8, 4) is 0 Å². The van der Waals surface area contributed by atoms with Crippen LogP contribution in [0.1, 0.15) is 33.6 Å². The first kappa shape index (κ1) is 14.1. The fraction of sp³-hybridized carbons (Fsp3) is 0.571. The van der Waals surface area contributed by atoms with Crippen molar-refractivity contribution in [2.45, 2.75) is 39.2 Å². The van der Waals surface area contributed by atoms with E-state index in [0.717, 1.165) is 18.5 Å². The number of hydrogen-bond donors (Lipinski definition) is 0. The molecule has 1 heterocycles. The number of nitrogens with zero attached hydrogens (tertiary/aromatic N) is 2. The fourth-order valence-electron chi connectivity index (χ4n) is 1.72. The number of amides is 1. The molecule has 0 saturated heterocycles. The number of halogens is 1. The Morgan fingerprint density at radius 2 is 2.21 bits per heavy atom. The Morgan fingerprint density at radius 3 is 2.74 bits per heavy atom. The van der Waals surface area contributed by atoms with E-state index in [2.05, 4.69) is 4.98 Å². The van der Waals surface area contributed by atoms with Crippen molar-refractivity contribution in [1.29, 1.82) is 0 Å². The molecule has 1 amide bonds. The third-order valence-electron chi connectivity index (χ3n) is 2.77. The molecule has 0 atom stereocenters. The SMILES string of the molecule is CC(C)(C)OC(=O)N(CC1CC1)c1ccnc(Cl)c1. The number of aromatic nitrogens is 1. The summed E-state index contributed by atoms with van der Waals surface area (Å²) in [5.41, 5.74) is 0.233. The minimum absolute atomic E-state index is 0.332. The molecule has 1 aromatic rings. The second-order valence-corrected chi connectivity index (χ2v) is 6.26. The zero-order valence-corrected chi connectivity index (χ0v) is 12.3. The highest BCUT2D eigenvalue weighted by molar-refractivity contribution is 6.29. The van der Waals surface area contributed by atoms with E-state index in [4.69, 9.17) is 16.3 Å². The molecule has 0 aromatic carbocycles. The third kappa shape index (κ3) is 4.39. The average Bonchev–Trinajstić information content (AvgIpc) is 3.07. The largest absolute Gasteiger partial charge is 0.443 e. The van der Waals surface area contributed by atoms with Crippen LogP contribution >= 0.6 is 11.6 Å². The molecule has 2 rings (SSSR count). The monoisotopic (exact) mass is 282 g/mol. The van der Waals surface area contributed by atoms with Gasteiger partial charge in [0.15, 0.2) is 0 Å². The van der Waals surface area contributed by atoms with Crippen molar-refractivity contribution in [2.75, 3.05) is 11.4 Å². The van der Waals surface area contributed by atoms with Crippen LogP contribution in [-0.2, 0) is 4.74 Å². The predicted octanol–water partition coefficient (Wildman–Crippen LogP) is 3.89. The smallest absolute Gasteiger partial charge is 0.414 e. The van der Waals surface area contributed by atoms with Crippen LogP contribution in [0.2, 0.25) is 5.15 Å². The molecule has 5 heteroatoms. The molecule has 0 bridgehead atoms. The summed E-state index contributed by atoms with van der Waals surface area (Å²) < 4.78 is 5.45. The van der Waals surface area contributed by atoms with E-state index in [1.807, 2.05) is 20.8 Å². The minimum atomic E-state index is -0.504. The topological polar surface area (TPSA) is 42.4 Å². The number of ether oxygens (including phenoxy) is 1. The summed E-state index contributed by atoms with van der Waals surface area (Å²) in [6.45, 7) is 6.26. The minimum Gasteiger partial charge on any atom is -0.443 e. The maximum absolute atomic E-state index is 12.3. The van der Waals surface area contributed by atoms with Gasteiger partial charge >= 0.3 is 6.09 Å². The van der Waals surface area contributed by atoms with Crippen LogP contribution in [0.15, 0.2) is 18.3 Å². The molecule has 0 unspecified atom stereocenters. The van der Waals surface area contributed by atoms with Crippen molar-refractivity contribution in [2.24, 2.45) is 5.92 Å². The van der Waals surface area contributed by atoms with E-state index in [9.17, 15) is 4.79 Å². The maximum atomic E-state index is 12.3. The Balaban J connectivity index is 2.17. The molecule has 0 spiro atoms. The number of pyridine rings is 1. The molecule has 104 valence electrons. The Kier molecular flexibility index (Phi) is 3.99. The average molecular weight is 283 g/mol. The lowest BCUT2D eigenvalue weighted by Gasteiger charge is -2.27. The molecule has 0 radical (unpaired) electrons. The van der Waals surface area contributed by atoms with Gasteiger partial charge in [-0.1, -0.05) is 11.6 Å². The molecule has 1 fully saturated rings. The van der Waals surface area contributed by atoms with Crippen molar-refractivity contribution < 1.29 is 9.53 Å². The molecular formula is C14H19ClN2O2. The van der Waals surface area contributed by atoms with Crippen LogP contribution in [0.4, 0.5) is 10.5 Å². The van der Waals surface area contributed by atoms with Gasteiger partial charge < -0.3 is 4.74 Å². The van der Waals surface area contributed by atoms with Crippen molar-refractivity contribution in [3.63, 3.8) is 0 Å². The zero-order chi connectivity index (χ0) is 14.0. The standard InChI is InChI=1S/C14H19ClN2O2/c1-14(2,3)19-13(18)17(9-10-4-5-10)11-6-7-16-12(15)8-11/h6-8,10H,4-5,9H2,1-3H3. The number of carbonyl (C=O) groups excluding carboxylic acids is 1. The van der Waals surface area contributed by atoms with E-state index in [-0.39, 0.29) is 6.09 Å². The summed E-state index contributed by atoms with van der Waals surface area (Å²) in [5, 5.41) is 0.377. The normalized spacial score (nSPS) is 15.2. The zero-order valence-electron chi connectivity index (χ0n) is 11.5.